The van der Waals surface area contributed by atoms with Crippen molar-refractivity contribution in [3.63, 3.8) is 0 Å². The van der Waals surface area contributed by atoms with Gasteiger partial charge < -0.3 is 51.9 Å². The maximum absolute atomic E-state index is 13.7. The predicted octanol–water partition coefficient (Wildman–Crippen LogP) is 13.7. The molecule has 13 atom stereocenters. The highest BCUT2D eigenvalue weighted by atomic mass is 32.2. The van der Waals surface area contributed by atoms with Gasteiger partial charge in [0, 0.05) is 74.7 Å². The number of hydrogen-bond donors (Lipinski definition) is 5. The molecule has 0 bridgehead atoms. The second-order valence-electron chi connectivity index (χ2n) is 35.4. The van der Waals surface area contributed by atoms with E-state index in [2.05, 4.69) is 155 Å². The highest BCUT2D eigenvalue weighted by molar-refractivity contribution is 7.87. The summed E-state index contributed by atoms with van der Waals surface area (Å²) >= 11 is 0. The second kappa shape index (κ2) is 38.0. The van der Waals surface area contributed by atoms with E-state index in [0.717, 1.165) is 24.8 Å². The monoisotopic (exact) mass is 1660 g/mol. The van der Waals surface area contributed by atoms with Crippen LogP contribution in [0.1, 0.15) is 247 Å². The molecule has 5 N–H and O–H groups in total. The number of nitrogens with zero attached hydrogens (tertiary/aromatic N) is 7. The van der Waals surface area contributed by atoms with Crippen molar-refractivity contribution >= 4 is 46.6 Å². The Kier molecular flexibility index (Phi) is 31.3. The summed E-state index contributed by atoms with van der Waals surface area (Å²) in [6.45, 7) is 52.8. The first-order valence-corrected chi connectivity index (χ1v) is 49.8. The van der Waals surface area contributed by atoms with Gasteiger partial charge in [0.05, 0.1) is 65.9 Å². The van der Waals surface area contributed by atoms with E-state index in [4.69, 9.17) is 41.5 Å². The normalized spacial score (nSPS) is 23.2. The van der Waals surface area contributed by atoms with Gasteiger partial charge in [0.25, 0.3) is 16.8 Å². The van der Waals surface area contributed by atoms with Gasteiger partial charge in [-0.15, -0.1) is 0 Å². The molecular formula is C80H126N10O20SSi3. The molecule has 0 saturated carbocycles. The summed E-state index contributed by atoms with van der Waals surface area (Å²) in [4.78, 5) is 95.0. The molecule has 5 unspecified atom stereocenters. The van der Waals surface area contributed by atoms with Crippen LogP contribution in [0.4, 0.5) is 11.5 Å². The van der Waals surface area contributed by atoms with Crippen LogP contribution in [0.25, 0.3) is 0 Å². The van der Waals surface area contributed by atoms with Crippen molar-refractivity contribution in [2.75, 3.05) is 11.9 Å². The number of anilines is 1. The summed E-state index contributed by atoms with van der Waals surface area (Å²) in [5.74, 6) is 0.240. The molecule has 8 heterocycles. The van der Waals surface area contributed by atoms with E-state index in [0.29, 0.717) is 41.8 Å². The highest BCUT2D eigenvalue weighted by Gasteiger charge is 2.48. The average Bonchev–Trinajstić information content (AvgIpc) is 1.55. The fraction of sp³-hybridized carbons (Fsp3) is 0.650. The topological polar surface area (TPSA) is 383 Å². The van der Waals surface area contributed by atoms with Gasteiger partial charge in [-0.25, -0.2) is 19.2 Å². The molecular weight excluding hydrogens is 1540 g/mol. The van der Waals surface area contributed by atoms with E-state index < -0.39 is 111 Å². The van der Waals surface area contributed by atoms with E-state index in [1.54, 1.807) is 37.4 Å². The Morgan fingerprint density at radius 1 is 0.553 bits per heavy atom. The first-order valence-electron chi connectivity index (χ1n) is 39.7. The Hall–Kier alpha value is -7.20. The number of aliphatic hydroxyl groups excluding tert-OH is 2. The fourth-order valence-corrected chi connectivity index (χ4v) is 18.8. The van der Waals surface area contributed by atoms with Gasteiger partial charge in [0.1, 0.15) is 41.7 Å². The Morgan fingerprint density at radius 3 is 1.28 bits per heavy atom. The van der Waals surface area contributed by atoms with Crippen LogP contribution in [0.15, 0.2) is 119 Å². The lowest BCUT2D eigenvalue weighted by Crippen LogP contribution is -2.45. The van der Waals surface area contributed by atoms with E-state index in [1.807, 2.05) is 46.8 Å². The number of nitro groups is 1. The molecule has 4 aromatic heterocycles. The minimum absolute atomic E-state index is 0.0218. The molecule has 10 rings (SSSR count). The third kappa shape index (κ3) is 23.2. The smallest absolute Gasteiger partial charge is 0.353 e. The number of aliphatic hydroxyl groups is 2. The maximum atomic E-state index is 13.7. The number of aromatic nitrogens is 8. The van der Waals surface area contributed by atoms with Gasteiger partial charge in [0.15, 0.2) is 25.0 Å². The summed E-state index contributed by atoms with van der Waals surface area (Å²) in [5.41, 5.74) is 0.0355. The summed E-state index contributed by atoms with van der Waals surface area (Å²) in [5, 5.41) is 33.1. The molecule has 114 heavy (non-hydrogen) atoms. The second-order valence-corrected chi connectivity index (χ2v) is 51.1. The number of para-hydroxylation sites is 1. The lowest BCUT2D eigenvalue weighted by atomic mass is 9.89. The Morgan fingerprint density at radius 2 is 0.930 bits per heavy atom. The SMILES string of the molecule is CC[C@H]1O[C@@H](n2ccc(=O)[nH]c2=O)CC1O[Si](C)(C)C(C)(C)C.CC[C@H]1O[C@@H](n2ccc(NC(C)c3ccccc3[N+](=O)[O-])nc2=O)CC1O[Si](C)(C)C(C)(C)C.CC[C@H]1O[C@@H](n2ccc(OS(=O)(=O)c3c(C(C)C)cc(C(C)C)cc3C(C)C)nc2=O)CC1O[Si](C)(C)C(C)(C)C.O=c1ccn([C@H]2CC(O)[C@@H](CO)O2)c(=O)[nH]1. The number of rotatable bonds is 24. The van der Waals surface area contributed by atoms with Gasteiger partial charge in [0.2, 0.25) is 5.88 Å². The minimum Gasteiger partial charge on any atom is -0.411 e. The highest BCUT2D eigenvalue weighted by Crippen LogP contribution is 2.46. The van der Waals surface area contributed by atoms with Crippen molar-refractivity contribution in [1.29, 1.82) is 0 Å². The number of ether oxygens (including phenoxy) is 4. The first kappa shape index (κ1) is 94.0. The quantitative estimate of drug-likeness (QED) is 0.0163. The van der Waals surface area contributed by atoms with E-state index in [9.17, 15) is 52.4 Å². The average molecular weight is 1660 g/mol. The Labute approximate surface area is 672 Å². The van der Waals surface area contributed by atoms with Crippen LogP contribution in [0, 0.1) is 10.1 Å². The van der Waals surface area contributed by atoms with Crippen LogP contribution < -0.4 is 43.4 Å². The molecule has 2 aromatic carbocycles. The Balaban J connectivity index is 0.000000221. The van der Waals surface area contributed by atoms with E-state index >= 15 is 0 Å². The maximum Gasteiger partial charge on any atom is 0.353 e. The largest absolute Gasteiger partial charge is 0.411 e. The van der Waals surface area contributed by atoms with Gasteiger partial charge in [-0.1, -0.05) is 155 Å². The summed E-state index contributed by atoms with van der Waals surface area (Å²) in [6, 6.07) is 15.7. The zero-order chi connectivity index (χ0) is 85.5. The molecule has 34 heteroatoms. The molecule has 4 aliphatic rings. The van der Waals surface area contributed by atoms with Crippen molar-refractivity contribution in [2.45, 2.75) is 333 Å². The molecule has 4 saturated heterocycles. The van der Waals surface area contributed by atoms with Crippen LogP contribution in [0.3, 0.4) is 0 Å². The predicted molar refractivity (Wildman–Crippen MR) is 446 cm³/mol. The Bertz CT molecular complexity index is 4720. The van der Waals surface area contributed by atoms with E-state index in [-0.39, 0.29) is 105 Å². The minimum atomic E-state index is -4.27. The summed E-state index contributed by atoms with van der Waals surface area (Å²) < 4.78 is 82.0. The van der Waals surface area contributed by atoms with Crippen LogP contribution in [-0.4, -0.2) is 142 Å². The molecule has 30 nitrogen and oxygen atoms in total. The molecule has 634 valence electrons. The lowest BCUT2D eigenvalue weighted by Gasteiger charge is -2.39. The van der Waals surface area contributed by atoms with Gasteiger partial charge in [-0.2, -0.15) is 18.4 Å². The van der Waals surface area contributed by atoms with Crippen molar-refractivity contribution in [1.82, 2.24) is 38.2 Å². The van der Waals surface area contributed by atoms with Crippen molar-refractivity contribution in [3.05, 3.63) is 180 Å². The van der Waals surface area contributed by atoms with Crippen LogP contribution in [0.5, 0.6) is 5.88 Å². The zero-order valence-electron chi connectivity index (χ0n) is 71.3. The number of nitrogens with one attached hydrogen (secondary N) is 3. The number of H-pyrrole nitrogens is 2. The molecule has 0 radical (unpaired) electrons. The standard InChI is InChI=1S/C31H50N2O6SSi.C24H36N4O5Si.C16H28N2O4Si.C9H12N2O5/c1-13-25-26(39-41(11,12)31(8,9)10)18-28(37-25)33-15-14-27(32-30(33)34)38-40(35,36)29-23(20(4)5)16-22(19(2)3)17-24(29)21(6)7;1-8-19-20(33-34(6,7)24(3,4)5)15-22(32-19)27-14-13-21(26-23(27)29)25-16(2)17-11-9-10-12-18(17)28(30)31;1-7-11-12(22-23(5,6)16(2,3)4)10-14(21-11)18-9-8-13(19)17-15(18)20;12-4-6-5(13)3-8(16-6)11-2-1-7(14)10-9(11)15/h14-17,19-21,25-26,28H,13,18H2,1-12H3;9-14,16,19-20,22H,8,15H2,1-7H3,(H,25,26,29);8-9,11-12,14H,7,10H2,1-6H3,(H,17,19,20);1-2,5-6,8,12-13H,3-4H2,(H,10,14,15)/t25-,26?,28-;16?,19-,20?,22-;11-,12?,14-;5?,6-,8-/m1111/s1. The summed E-state index contributed by atoms with van der Waals surface area (Å²) in [6.07, 6.45) is 6.24. The molecule has 0 aliphatic carbocycles. The molecule has 0 amide bonds. The zero-order valence-corrected chi connectivity index (χ0v) is 75.1. The molecule has 6 aromatic rings. The summed E-state index contributed by atoms with van der Waals surface area (Å²) in [7, 11) is -10.2. The van der Waals surface area contributed by atoms with Gasteiger partial charge >= 0.3 is 32.9 Å². The van der Waals surface area contributed by atoms with E-state index in [1.165, 1.54) is 61.1 Å². The third-order valence-corrected chi connectivity index (χ3v) is 37.8. The fourth-order valence-electron chi connectivity index (χ4n) is 13.1. The molecule has 4 fully saturated rings. The van der Waals surface area contributed by atoms with Crippen molar-refractivity contribution < 1.29 is 60.0 Å². The van der Waals surface area contributed by atoms with Gasteiger partial charge in [-0.3, -0.25) is 47.9 Å². The molecule has 0 spiro atoms. The number of nitro benzene ring substituents is 1. The third-order valence-electron chi connectivity index (χ3n) is 23.0. The van der Waals surface area contributed by atoms with Gasteiger partial charge in [-0.05, 0) is 121 Å². The van der Waals surface area contributed by atoms with Crippen molar-refractivity contribution in [2.24, 2.45) is 0 Å². The number of aromatic amines is 2. The molecule has 4 aliphatic heterocycles. The van der Waals surface area contributed by atoms with Crippen molar-refractivity contribution in [3.8, 4) is 5.88 Å². The lowest BCUT2D eigenvalue weighted by molar-refractivity contribution is -0.385. The number of hydrogen-bond acceptors (Lipinski definition) is 23. The first-order chi connectivity index (χ1) is 52.8. The van der Waals surface area contributed by atoms with Crippen LogP contribution >= 0.6 is 0 Å². The number of benzene rings is 2. The van der Waals surface area contributed by atoms with Crippen LogP contribution in [-0.2, 0) is 42.3 Å². The van der Waals surface area contributed by atoms with Crippen LogP contribution in [0.2, 0.25) is 54.4 Å².